The number of anilines is 1. The van der Waals surface area contributed by atoms with Crippen molar-refractivity contribution < 1.29 is 4.79 Å². The molecule has 0 saturated carbocycles. The summed E-state index contributed by atoms with van der Waals surface area (Å²) in [6, 6.07) is 0.119. The molecule has 0 aliphatic rings. The number of aromatic nitrogens is 2. The highest BCUT2D eigenvalue weighted by atomic mass is 16.2. The van der Waals surface area contributed by atoms with Gasteiger partial charge in [-0.05, 0) is 19.3 Å². The van der Waals surface area contributed by atoms with Crippen LogP contribution in [0.25, 0.3) is 0 Å². The molecule has 5 nitrogen and oxygen atoms in total. The Morgan fingerprint density at radius 1 is 1.44 bits per heavy atom. The van der Waals surface area contributed by atoms with E-state index in [4.69, 9.17) is 5.73 Å². The second kappa shape index (κ2) is 6.42. The summed E-state index contributed by atoms with van der Waals surface area (Å²) in [4.78, 5) is 12.0. The van der Waals surface area contributed by atoms with Crippen molar-refractivity contribution in [3.63, 3.8) is 0 Å². The minimum atomic E-state index is -0.195. The van der Waals surface area contributed by atoms with Crippen molar-refractivity contribution in [2.45, 2.75) is 53.0 Å². The van der Waals surface area contributed by atoms with Gasteiger partial charge in [0.1, 0.15) is 0 Å². The van der Waals surface area contributed by atoms with Crippen LogP contribution in [0.5, 0.6) is 0 Å². The Labute approximate surface area is 109 Å². The van der Waals surface area contributed by atoms with Crippen LogP contribution in [0.15, 0.2) is 0 Å². The normalized spacial score (nSPS) is 14.2. The number of nitrogens with two attached hydrogens (primary N) is 1. The molecule has 4 N–H and O–H groups in total. The van der Waals surface area contributed by atoms with Crippen molar-refractivity contribution in [3.8, 4) is 0 Å². The zero-order valence-corrected chi connectivity index (χ0v) is 11.7. The summed E-state index contributed by atoms with van der Waals surface area (Å²) in [6.07, 6.45) is 2.81. The summed E-state index contributed by atoms with van der Waals surface area (Å²) in [5.74, 6) is 0.239. The quantitative estimate of drug-likeness (QED) is 0.725. The molecule has 0 spiro atoms. The van der Waals surface area contributed by atoms with Crippen molar-refractivity contribution >= 4 is 11.6 Å². The molecule has 1 aromatic rings. The largest absolute Gasteiger partial charge is 0.395 e. The van der Waals surface area contributed by atoms with Gasteiger partial charge in [-0.15, -0.1) is 0 Å². The molecule has 0 bridgehead atoms. The third-order valence-corrected chi connectivity index (χ3v) is 3.45. The van der Waals surface area contributed by atoms with Gasteiger partial charge in [-0.2, -0.15) is 5.10 Å². The van der Waals surface area contributed by atoms with Gasteiger partial charge in [-0.1, -0.05) is 33.6 Å². The van der Waals surface area contributed by atoms with Crippen LogP contribution in [0, 0.1) is 5.92 Å². The van der Waals surface area contributed by atoms with Crippen molar-refractivity contribution in [2.24, 2.45) is 5.92 Å². The molecule has 2 unspecified atom stereocenters. The van der Waals surface area contributed by atoms with Gasteiger partial charge < -0.3 is 11.1 Å². The number of carbonyl (C=O) groups is 1. The van der Waals surface area contributed by atoms with Crippen molar-refractivity contribution in [1.29, 1.82) is 0 Å². The molecule has 0 saturated heterocycles. The molecule has 0 aliphatic carbocycles. The number of amides is 1. The number of hydrogen-bond acceptors (Lipinski definition) is 3. The number of H-pyrrole nitrogens is 1. The highest BCUT2D eigenvalue weighted by molar-refractivity contribution is 5.97. The first kappa shape index (κ1) is 14.5. The summed E-state index contributed by atoms with van der Waals surface area (Å²) in [5, 5.41) is 9.79. The summed E-state index contributed by atoms with van der Waals surface area (Å²) >= 11 is 0. The molecule has 0 aliphatic heterocycles. The number of nitrogen functional groups attached to an aromatic ring is 1. The highest BCUT2D eigenvalue weighted by Crippen LogP contribution is 2.16. The summed E-state index contributed by atoms with van der Waals surface area (Å²) in [5.41, 5.74) is 7.56. The fourth-order valence-corrected chi connectivity index (χ4v) is 1.77. The average molecular weight is 252 g/mol. The van der Waals surface area contributed by atoms with Crippen LogP contribution in [0.3, 0.4) is 0 Å². The Bertz CT molecular complexity index is 400. The van der Waals surface area contributed by atoms with Crippen molar-refractivity contribution in [2.75, 3.05) is 5.73 Å². The Morgan fingerprint density at radius 3 is 2.67 bits per heavy atom. The topological polar surface area (TPSA) is 83.8 Å². The molecular formula is C13H24N4O. The van der Waals surface area contributed by atoms with Crippen LogP contribution in [-0.4, -0.2) is 22.1 Å². The van der Waals surface area contributed by atoms with E-state index in [9.17, 15) is 4.79 Å². The lowest BCUT2D eigenvalue weighted by Crippen LogP contribution is -2.37. The van der Waals surface area contributed by atoms with Gasteiger partial charge in [0, 0.05) is 6.04 Å². The van der Waals surface area contributed by atoms with Gasteiger partial charge >= 0.3 is 0 Å². The maximum Gasteiger partial charge on any atom is 0.274 e. The van der Waals surface area contributed by atoms with E-state index < -0.39 is 0 Å². The molecule has 1 heterocycles. The summed E-state index contributed by atoms with van der Waals surface area (Å²) < 4.78 is 0. The van der Waals surface area contributed by atoms with E-state index in [0.29, 0.717) is 17.3 Å². The van der Waals surface area contributed by atoms with E-state index >= 15 is 0 Å². The standard InChI is InChI=1S/C13H24N4O/c1-5-7-10-11(14)12(17-16-10)13(18)15-9(4)8(3)6-2/h8-9H,5-7,14H2,1-4H3,(H,15,18)(H,16,17). The highest BCUT2D eigenvalue weighted by Gasteiger charge is 2.20. The van der Waals surface area contributed by atoms with E-state index in [1.54, 1.807) is 0 Å². The Kier molecular flexibility index (Phi) is 5.19. The summed E-state index contributed by atoms with van der Waals surface area (Å²) in [7, 11) is 0. The van der Waals surface area contributed by atoms with Crippen LogP contribution in [0.1, 0.15) is 56.7 Å². The number of aryl methyl sites for hydroxylation is 1. The van der Waals surface area contributed by atoms with Crippen molar-refractivity contribution in [1.82, 2.24) is 15.5 Å². The molecule has 0 radical (unpaired) electrons. The molecule has 2 atom stereocenters. The van der Waals surface area contributed by atoms with E-state index in [-0.39, 0.29) is 11.9 Å². The molecule has 5 heteroatoms. The van der Waals surface area contributed by atoms with Gasteiger partial charge in [0.25, 0.3) is 5.91 Å². The maximum atomic E-state index is 12.0. The molecule has 1 aromatic heterocycles. The van der Waals surface area contributed by atoms with Crippen molar-refractivity contribution in [3.05, 3.63) is 11.4 Å². The fourth-order valence-electron chi connectivity index (χ4n) is 1.77. The fraction of sp³-hybridized carbons (Fsp3) is 0.692. The minimum Gasteiger partial charge on any atom is -0.395 e. The third-order valence-electron chi connectivity index (χ3n) is 3.45. The van der Waals surface area contributed by atoms with Gasteiger partial charge in [0.05, 0.1) is 11.4 Å². The smallest absolute Gasteiger partial charge is 0.274 e. The molecule has 0 fully saturated rings. The maximum absolute atomic E-state index is 12.0. The number of carbonyl (C=O) groups excluding carboxylic acids is 1. The lowest BCUT2D eigenvalue weighted by atomic mass is 10.0. The second-order valence-corrected chi connectivity index (χ2v) is 4.86. The molecule has 1 amide bonds. The van der Waals surface area contributed by atoms with Gasteiger partial charge in [-0.3, -0.25) is 9.89 Å². The lowest BCUT2D eigenvalue weighted by molar-refractivity contribution is 0.0924. The van der Waals surface area contributed by atoms with Gasteiger partial charge in [-0.25, -0.2) is 0 Å². The summed E-state index contributed by atoms with van der Waals surface area (Å²) in [6.45, 7) is 8.28. The van der Waals surface area contributed by atoms with Crippen LogP contribution in [0.4, 0.5) is 5.69 Å². The van der Waals surface area contributed by atoms with E-state index in [0.717, 1.165) is 25.0 Å². The SMILES string of the molecule is CCCc1[nH]nc(C(=O)NC(C)C(C)CC)c1N. The monoisotopic (exact) mass is 252 g/mol. The Morgan fingerprint density at radius 2 is 2.11 bits per heavy atom. The van der Waals surface area contributed by atoms with Crippen LogP contribution < -0.4 is 11.1 Å². The first-order chi connectivity index (χ1) is 8.51. The number of aromatic amines is 1. The third kappa shape index (κ3) is 3.24. The van der Waals surface area contributed by atoms with Crippen LogP contribution in [-0.2, 0) is 6.42 Å². The van der Waals surface area contributed by atoms with E-state index in [1.165, 1.54) is 0 Å². The zero-order chi connectivity index (χ0) is 13.7. The van der Waals surface area contributed by atoms with Crippen LogP contribution in [0.2, 0.25) is 0 Å². The zero-order valence-electron chi connectivity index (χ0n) is 11.7. The second-order valence-electron chi connectivity index (χ2n) is 4.86. The molecule has 18 heavy (non-hydrogen) atoms. The molecule has 1 rings (SSSR count). The van der Waals surface area contributed by atoms with Gasteiger partial charge in [0.15, 0.2) is 5.69 Å². The van der Waals surface area contributed by atoms with E-state index in [1.807, 2.05) is 6.92 Å². The lowest BCUT2D eigenvalue weighted by Gasteiger charge is -2.19. The minimum absolute atomic E-state index is 0.119. The predicted octanol–water partition coefficient (Wildman–Crippen LogP) is 2.11. The average Bonchev–Trinajstić information content (AvgIpc) is 2.70. The van der Waals surface area contributed by atoms with Gasteiger partial charge in [0.2, 0.25) is 0 Å². The molecular weight excluding hydrogens is 228 g/mol. The predicted molar refractivity (Wildman–Crippen MR) is 73.4 cm³/mol. The number of rotatable bonds is 6. The first-order valence-electron chi connectivity index (χ1n) is 6.64. The molecule has 0 aromatic carbocycles. The van der Waals surface area contributed by atoms with Crippen LogP contribution >= 0.6 is 0 Å². The van der Waals surface area contributed by atoms with E-state index in [2.05, 4.69) is 36.3 Å². The Balaban J connectivity index is 2.73. The number of nitrogens with one attached hydrogen (secondary N) is 2. The first-order valence-corrected chi connectivity index (χ1v) is 6.64. The number of hydrogen-bond donors (Lipinski definition) is 3. The molecule has 102 valence electrons. The number of nitrogens with zero attached hydrogens (tertiary/aromatic N) is 1. The Hall–Kier alpha value is -1.52.